The maximum absolute atomic E-state index is 10.7. The van der Waals surface area contributed by atoms with Crippen LogP contribution in [0.25, 0.3) is 0 Å². The summed E-state index contributed by atoms with van der Waals surface area (Å²) in [6.07, 6.45) is 0. The van der Waals surface area contributed by atoms with Gasteiger partial charge in [0.15, 0.2) is 0 Å². The van der Waals surface area contributed by atoms with Crippen LogP contribution in [0.2, 0.25) is 0 Å². The lowest BCUT2D eigenvalue weighted by molar-refractivity contribution is -0.0248. The Hall–Kier alpha value is -1.75. The Balaban J connectivity index is 2.00. The van der Waals surface area contributed by atoms with Crippen LogP contribution in [-0.2, 0) is 4.74 Å². The molecule has 1 heterocycles. The summed E-state index contributed by atoms with van der Waals surface area (Å²) in [6.45, 7) is 2.36. The first-order chi connectivity index (χ1) is 7.66. The molecule has 0 radical (unpaired) electrons. The van der Waals surface area contributed by atoms with Gasteiger partial charge in [-0.15, -0.1) is 0 Å². The lowest BCUT2D eigenvalue weighted by Gasteiger charge is -2.26. The third kappa shape index (κ3) is 2.25. The second-order valence-electron chi connectivity index (χ2n) is 3.89. The molecule has 0 aromatic heterocycles. The van der Waals surface area contributed by atoms with Gasteiger partial charge in [-0.3, -0.25) is 0 Å². The zero-order chi connectivity index (χ0) is 11.5. The molecule has 1 saturated heterocycles. The van der Waals surface area contributed by atoms with Crippen LogP contribution >= 0.6 is 0 Å². The number of aromatic carboxylic acids is 1. The fourth-order valence-electron chi connectivity index (χ4n) is 1.51. The van der Waals surface area contributed by atoms with Crippen LogP contribution in [0, 0.1) is 5.92 Å². The SMILES string of the molecule is Nc1cc(C(=O)O)ccc1NCC1COC1. The van der Waals surface area contributed by atoms with Crippen molar-refractivity contribution in [2.45, 2.75) is 0 Å². The highest BCUT2D eigenvalue weighted by Crippen LogP contribution is 2.21. The van der Waals surface area contributed by atoms with E-state index in [2.05, 4.69) is 5.32 Å². The highest BCUT2D eigenvalue weighted by Gasteiger charge is 2.18. The second kappa shape index (κ2) is 4.40. The van der Waals surface area contributed by atoms with E-state index in [4.69, 9.17) is 15.6 Å². The van der Waals surface area contributed by atoms with Gasteiger partial charge in [0.25, 0.3) is 0 Å². The third-order valence-corrected chi connectivity index (χ3v) is 2.59. The van der Waals surface area contributed by atoms with Crippen LogP contribution < -0.4 is 11.1 Å². The van der Waals surface area contributed by atoms with E-state index in [1.807, 2.05) is 0 Å². The molecular weight excluding hydrogens is 208 g/mol. The molecule has 0 aliphatic carbocycles. The number of anilines is 2. The molecule has 1 fully saturated rings. The highest BCUT2D eigenvalue weighted by atomic mass is 16.5. The van der Waals surface area contributed by atoms with Gasteiger partial charge in [0.1, 0.15) is 0 Å². The van der Waals surface area contributed by atoms with Crippen molar-refractivity contribution in [2.24, 2.45) is 5.92 Å². The Morgan fingerprint density at radius 3 is 2.81 bits per heavy atom. The largest absolute Gasteiger partial charge is 0.478 e. The number of carboxylic acids is 1. The van der Waals surface area contributed by atoms with E-state index in [9.17, 15) is 4.79 Å². The van der Waals surface area contributed by atoms with Crippen LogP contribution in [0.3, 0.4) is 0 Å². The van der Waals surface area contributed by atoms with Crippen molar-refractivity contribution in [1.82, 2.24) is 0 Å². The summed E-state index contributed by atoms with van der Waals surface area (Å²) in [7, 11) is 0. The van der Waals surface area contributed by atoms with Gasteiger partial charge < -0.3 is 20.9 Å². The molecule has 0 unspecified atom stereocenters. The molecule has 0 atom stereocenters. The summed E-state index contributed by atoms with van der Waals surface area (Å²) in [5.41, 5.74) is 7.18. The summed E-state index contributed by atoms with van der Waals surface area (Å²) in [4.78, 5) is 10.7. The zero-order valence-electron chi connectivity index (χ0n) is 8.77. The smallest absolute Gasteiger partial charge is 0.335 e. The zero-order valence-corrected chi connectivity index (χ0v) is 8.77. The second-order valence-corrected chi connectivity index (χ2v) is 3.89. The van der Waals surface area contributed by atoms with Crippen LogP contribution in [0.4, 0.5) is 11.4 Å². The summed E-state index contributed by atoms with van der Waals surface area (Å²) >= 11 is 0. The van der Waals surface area contributed by atoms with Crippen molar-refractivity contribution in [3.8, 4) is 0 Å². The third-order valence-electron chi connectivity index (χ3n) is 2.59. The quantitative estimate of drug-likeness (QED) is 0.662. The normalized spacial score (nSPS) is 15.5. The van der Waals surface area contributed by atoms with Gasteiger partial charge in [-0.2, -0.15) is 0 Å². The van der Waals surface area contributed by atoms with Gasteiger partial charge in [0.05, 0.1) is 30.2 Å². The number of benzene rings is 1. The number of rotatable bonds is 4. The number of carboxylic acid groups (broad SMARTS) is 1. The Labute approximate surface area is 93.2 Å². The van der Waals surface area contributed by atoms with Crippen LogP contribution in [-0.4, -0.2) is 30.8 Å². The maximum Gasteiger partial charge on any atom is 0.335 e. The van der Waals surface area contributed by atoms with Crippen LogP contribution in [0.1, 0.15) is 10.4 Å². The van der Waals surface area contributed by atoms with E-state index < -0.39 is 5.97 Å². The first kappa shape index (κ1) is 10.8. The summed E-state index contributed by atoms with van der Waals surface area (Å²) in [5.74, 6) is -0.441. The molecule has 2 rings (SSSR count). The molecule has 5 heteroatoms. The average Bonchev–Trinajstić information content (AvgIpc) is 2.17. The predicted octanol–water partition coefficient (Wildman–Crippen LogP) is 1.03. The number of carbonyl (C=O) groups is 1. The number of ether oxygens (including phenoxy) is 1. The molecule has 86 valence electrons. The van der Waals surface area contributed by atoms with E-state index in [0.717, 1.165) is 25.4 Å². The molecule has 1 aromatic rings. The Bertz CT molecular complexity index is 402. The van der Waals surface area contributed by atoms with Crippen molar-refractivity contribution >= 4 is 17.3 Å². The van der Waals surface area contributed by atoms with Crippen molar-refractivity contribution in [3.05, 3.63) is 23.8 Å². The lowest BCUT2D eigenvalue weighted by Crippen LogP contribution is -2.33. The predicted molar refractivity (Wildman–Crippen MR) is 60.6 cm³/mol. The molecular formula is C11H14N2O3. The van der Waals surface area contributed by atoms with Crippen LogP contribution in [0.5, 0.6) is 0 Å². The molecule has 1 aromatic carbocycles. The Kier molecular flexibility index (Phi) is 2.96. The maximum atomic E-state index is 10.7. The van der Waals surface area contributed by atoms with E-state index in [1.54, 1.807) is 6.07 Å². The summed E-state index contributed by atoms with van der Waals surface area (Å²) in [5, 5.41) is 12.0. The summed E-state index contributed by atoms with van der Waals surface area (Å²) in [6, 6.07) is 4.69. The Morgan fingerprint density at radius 2 is 2.31 bits per heavy atom. The number of nitrogen functional groups attached to an aromatic ring is 1. The number of nitrogens with two attached hydrogens (primary N) is 1. The highest BCUT2D eigenvalue weighted by molar-refractivity contribution is 5.90. The van der Waals surface area contributed by atoms with Gasteiger partial charge in [0, 0.05) is 12.5 Å². The minimum absolute atomic E-state index is 0.204. The molecule has 0 spiro atoms. The van der Waals surface area contributed by atoms with Crippen molar-refractivity contribution < 1.29 is 14.6 Å². The molecule has 5 nitrogen and oxygen atoms in total. The Morgan fingerprint density at radius 1 is 1.56 bits per heavy atom. The monoisotopic (exact) mass is 222 g/mol. The van der Waals surface area contributed by atoms with Gasteiger partial charge in [-0.25, -0.2) is 4.79 Å². The molecule has 16 heavy (non-hydrogen) atoms. The number of hydrogen-bond donors (Lipinski definition) is 3. The summed E-state index contributed by atoms with van der Waals surface area (Å²) < 4.78 is 5.06. The van der Waals surface area contributed by atoms with Gasteiger partial charge >= 0.3 is 5.97 Å². The van der Waals surface area contributed by atoms with Gasteiger partial charge in [0.2, 0.25) is 0 Å². The van der Waals surface area contributed by atoms with E-state index in [0.29, 0.717) is 11.6 Å². The van der Waals surface area contributed by atoms with Gasteiger partial charge in [-0.05, 0) is 18.2 Å². The molecule has 0 bridgehead atoms. The molecule has 0 amide bonds. The fraction of sp³-hybridized carbons (Fsp3) is 0.364. The molecule has 4 N–H and O–H groups in total. The number of nitrogens with one attached hydrogen (secondary N) is 1. The molecule has 0 saturated carbocycles. The van der Waals surface area contributed by atoms with Crippen molar-refractivity contribution in [3.63, 3.8) is 0 Å². The topological polar surface area (TPSA) is 84.6 Å². The van der Waals surface area contributed by atoms with E-state index >= 15 is 0 Å². The fourth-order valence-corrected chi connectivity index (χ4v) is 1.51. The standard InChI is InChI=1S/C11H14N2O3/c12-9-3-8(11(14)15)1-2-10(9)13-4-7-5-16-6-7/h1-3,7,13H,4-6,12H2,(H,14,15). The van der Waals surface area contributed by atoms with Gasteiger partial charge in [-0.1, -0.05) is 0 Å². The minimum Gasteiger partial charge on any atom is -0.478 e. The van der Waals surface area contributed by atoms with E-state index in [-0.39, 0.29) is 5.56 Å². The first-order valence-electron chi connectivity index (χ1n) is 5.11. The molecule has 1 aliphatic rings. The molecule has 1 aliphatic heterocycles. The first-order valence-corrected chi connectivity index (χ1v) is 5.11. The average molecular weight is 222 g/mol. The van der Waals surface area contributed by atoms with Crippen LogP contribution in [0.15, 0.2) is 18.2 Å². The van der Waals surface area contributed by atoms with Crippen molar-refractivity contribution in [2.75, 3.05) is 30.8 Å². The minimum atomic E-state index is -0.967. The van der Waals surface area contributed by atoms with E-state index in [1.165, 1.54) is 12.1 Å². The van der Waals surface area contributed by atoms with Crippen molar-refractivity contribution in [1.29, 1.82) is 0 Å². The lowest BCUT2D eigenvalue weighted by atomic mass is 10.1. The number of hydrogen-bond acceptors (Lipinski definition) is 4.